The molecule has 94 valence electrons. The molecule has 1 atom stereocenters. The standard InChI is InChI=1S/C15H16BrNS/c16-12-7-5-10(6-8-12)15(17)14-9-11-3-1-2-4-13(11)18-14/h5-9,15H,1-4,17H2. The van der Waals surface area contributed by atoms with Gasteiger partial charge >= 0.3 is 0 Å². The van der Waals surface area contributed by atoms with E-state index in [1.54, 1.807) is 4.88 Å². The van der Waals surface area contributed by atoms with Crippen LogP contribution in [0.15, 0.2) is 34.8 Å². The zero-order chi connectivity index (χ0) is 12.5. The molecule has 0 amide bonds. The number of hydrogen-bond acceptors (Lipinski definition) is 2. The van der Waals surface area contributed by atoms with E-state index in [1.165, 1.54) is 41.7 Å². The lowest BCUT2D eigenvalue weighted by Crippen LogP contribution is -2.09. The lowest BCUT2D eigenvalue weighted by atomic mass is 9.98. The zero-order valence-corrected chi connectivity index (χ0v) is 12.6. The summed E-state index contributed by atoms with van der Waals surface area (Å²) in [6, 6.07) is 10.7. The zero-order valence-electron chi connectivity index (χ0n) is 10.2. The smallest absolute Gasteiger partial charge is 0.0646 e. The number of fused-ring (bicyclic) bond motifs is 1. The average Bonchev–Trinajstić information content (AvgIpc) is 2.82. The van der Waals surface area contributed by atoms with Gasteiger partial charge in [0, 0.05) is 14.2 Å². The van der Waals surface area contributed by atoms with E-state index in [2.05, 4.69) is 46.3 Å². The number of benzene rings is 1. The van der Waals surface area contributed by atoms with Crippen LogP contribution < -0.4 is 5.73 Å². The van der Waals surface area contributed by atoms with Gasteiger partial charge in [-0.05, 0) is 55.0 Å². The number of halogens is 1. The maximum absolute atomic E-state index is 6.37. The lowest BCUT2D eigenvalue weighted by Gasteiger charge is -2.09. The number of aryl methyl sites for hydroxylation is 2. The number of thiophene rings is 1. The molecule has 1 aliphatic carbocycles. The summed E-state index contributed by atoms with van der Waals surface area (Å²) in [4.78, 5) is 2.87. The van der Waals surface area contributed by atoms with E-state index >= 15 is 0 Å². The van der Waals surface area contributed by atoms with Crippen LogP contribution in [0.5, 0.6) is 0 Å². The fourth-order valence-electron chi connectivity index (χ4n) is 2.50. The molecule has 1 nitrogen and oxygen atoms in total. The molecule has 3 heteroatoms. The van der Waals surface area contributed by atoms with Gasteiger partial charge in [-0.1, -0.05) is 28.1 Å². The van der Waals surface area contributed by atoms with Gasteiger partial charge in [-0.3, -0.25) is 0 Å². The molecular weight excluding hydrogens is 306 g/mol. The third-order valence-corrected chi connectivity index (χ3v) is 5.40. The molecule has 1 aromatic heterocycles. The summed E-state index contributed by atoms with van der Waals surface area (Å²) in [5.41, 5.74) is 9.10. The first-order valence-electron chi connectivity index (χ1n) is 6.36. The minimum Gasteiger partial charge on any atom is -0.320 e. The molecule has 18 heavy (non-hydrogen) atoms. The Bertz CT molecular complexity index is 521. The Hall–Kier alpha value is -0.640. The van der Waals surface area contributed by atoms with Crippen LogP contribution in [0.3, 0.4) is 0 Å². The molecule has 0 fully saturated rings. The monoisotopic (exact) mass is 321 g/mol. The topological polar surface area (TPSA) is 26.0 Å². The van der Waals surface area contributed by atoms with Crippen molar-refractivity contribution in [2.45, 2.75) is 31.7 Å². The predicted molar refractivity (Wildman–Crippen MR) is 81.1 cm³/mol. The van der Waals surface area contributed by atoms with Crippen molar-refractivity contribution in [3.05, 3.63) is 55.7 Å². The lowest BCUT2D eigenvalue weighted by molar-refractivity contribution is 0.696. The van der Waals surface area contributed by atoms with Gasteiger partial charge in [-0.15, -0.1) is 11.3 Å². The van der Waals surface area contributed by atoms with E-state index < -0.39 is 0 Å². The van der Waals surface area contributed by atoms with Crippen molar-refractivity contribution in [3.63, 3.8) is 0 Å². The fraction of sp³-hybridized carbons (Fsp3) is 0.333. The second kappa shape index (κ2) is 5.16. The van der Waals surface area contributed by atoms with Crippen LogP contribution in [0.25, 0.3) is 0 Å². The Labute approximate surface area is 120 Å². The summed E-state index contributed by atoms with van der Waals surface area (Å²) in [6.07, 6.45) is 5.14. The molecule has 0 spiro atoms. The van der Waals surface area contributed by atoms with Crippen LogP contribution in [0.1, 0.15) is 39.8 Å². The first kappa shape index (κ1) is 12.4. The second-order valence-corrected chi connectivity index (χ2v) is 6.92. The van der Waals surface area contributed by atoms with Crippen LogP contribution >= 0.6 is 27.3 Å². The maximum atomic E-state index is 6.37. The van der Waals surface area contributed by atoms with Crippen molar-refractivity contribution in [2.75, 3.05) is 0 Å². The van der Waals surface area contributed by atoms with E-state index in [1.807, 2.05) is 11.3 Å². The van der Waals surface area contributed by atoms with Crippen LogP contribution in [0, 0.1) is 0 Å². The number of rotatable bonds is 2. The number of hydrogen-bond donors (Lipinski definition) is 1. The van der Waals surface area contributed by atoms with Crippen LogP contribution in [-0.4, -0.2) is 0 Å². The fourth-order valence-corrected chi connectivity index (χ4v) is 4.05. The van der Waals surface area contributed by atoms with Gasteiger partial charge in [0.1, 0.15) is 0 Å². The summed E-state index contributed by atoms with van der Waals surface area (Å²) < 4.78 is 1.10. The van der Waals surface area contributed by atoms with Crippen LogP contribution in [0.2, 0.25) is 0 Å². The normalized spacial score (nSPS) is 16.3. The van der Waals surface area contributed by atoms with Crippen LogP contribution in [-0.2, 0) is 12.8 Å². The van der Waals surface area contributed by atoms with Gasteiger partial charge in [0.15, 0.2) is 0 Å². The van der Waals surface area contributed by atoms with E-state index in [9.17, 15) is 0 Å². The highest BCUT2D eigenvalue weighted by Crippen LogP contribution is 2.34. The summed E-state index contributed by atoms with van der Waals surface area (Å²) in [6.45, 7) is 0. The van der Waals surface area contributed by atoms with Crippen LogP contribution in [0.4, 0.5) is 0 Å². The van der Waals surface area contributed by atoms with Gasteiger partial charge in [-0.25, -0.2) is 0 Å². The van der Waals surface area contributed by atoms with Gasteiger partial charge in [-0.2, -0.15) is 0 Å². The Morgan fingerprint density at radius 1 is 1.11 bits per heavy atom. The molecule has 0 aliphatic heterocycles. The minimum absolute atomic E-state index is 0.0219. The predicted octanol–water partition coefficient (Wildman–Crippen LogP) is 4.44. The van der Waals surface area contributed by atoms with Gasteiger partial charge in [0.2, 0.25) is 0 Å². The average molecular weight is 322 g/mol. The van der Waals surface area contributed by atoms with E-state index in [4.69, 9.17) is 5.73 Å². The summed E-state index contributed by atoms with van der Waals surface area (Å²) >= 11 is 5.36. The summed E-state index contributed by atoms with van der Waals surface area (Å²) in [7, 11) is 0. The molecule has 3 rings (SSSR count). The highest BCUT2D eigenvalue weighted by Gasteiger charge is 2.17. The largest absolute Gasteiger partial charge is 0.320 e. The van der Waals surface area contributed by atoms with E-state index in [0.29, 0.717) is 0 Å². The Kier molecular flexibility index (Phi) is 3.55. The third kappa shape index (κ3) is 2.40. The van der Waals surface area contributed by atoms with Crippen molar-refractivity contribution in [3.8, 4) is 0 Å². The summed E-state index contributed by atoms with van der Waals surface area (Å²) in [5, 5.41) is 0. The third-order valence-electron chi connectivity index (χ3n) is 3.55. The van der Waals surface area contributed by atoms with Crippen molar-refractivity contribution >= 4 is 27.3 Å². The summed E-state index contributed by atoms with van der Waals surface area (Å²) in [5.74, 6) is 0. The van der Waals surface area contributed by atoms with Crippen molar-refractivity contribution in [1.29, 1.82) is 0 Å². The molecule has 2 N–H and O–H groups in total. The molecule has 1 aliphatic rings. The Morgan fingerprint density at radius 2 is 1.83 bits per heavy atom. The molecule has 1 aromatic carbocycles. The molecule has 1 heterocycles. The van der Waals surface area contributed by atoms with Crippen molar-refractivity contribution in [2.24, 2.45) is 5.73 Å². The molecule has 2 aromatic rings. The first-order chi connectivity index (χ1) is 8.74. The molecule has 0 bridgehead atoms. The highest BCUT2D eigenvalue weighted by atomic mass is 79.9. The van der Waals surface area contributed by atoms with Gasteiger partial charge in [0.05, 0.1) is 6.04 Å². The Balaban J connectivity index is 1.89. The Morgan fingerprint density at radius 3 is 2.56 bits per heavy atom. The number of nitrogens with two attached hydrogens (primary N) is 1. The SMILES string of the molecule is NC(c1ccc(Br)cc1)c1cc2c(s1)CCCC2. The highest BCUT2D eigenvalue weighted by molar-refractivity contribution is 9.10. The van der Waals surface area contributed by atoms with Gasteiger partial charge < -0.3 is 5.73 Å². The van der Waals surface area contributed by atoms with E-state index in [0.717, 1.165) is 4.47 Å². The first-order valence-corrected chi connectivity index (χ1v) is 7.97. The molecular formula is C15H16BrNS. The van der Waals surface area contributed by atoms with Crippen molar-refractivity contribution < 1.29 is 0 Å². The molecule has 0 saturated carbocycles. The molecule has 0 saturated heterocycles. The molecule has 1 unspecified atom stereocenters. The minimum atomic E-state index is 0.0219. The second-order valence-electron chi connectivity index (χ2n) is 4.83. The van der Waals surface area contributed by atoms with E-state index in [-0.39, 0.29) is 6.04 Å². The van der Waals surface area contributed by atoms with Crippen molar-refractivity contribution in [1.82, 2.24) is 0 Å². The molecule has 0 radical (unpaired) electrons. The quantitative estimate of drug-likeness (QED) is 0.869. The van der Waals surface area contributed by atoms with Gasteiger partial charge in [0.25, 0.3) is 0 Å². The maximum Gasteiger partial charge on any atom is 0.0646 e.